The van der Waals surface area contributed by atoms with Gasteiger partial charge in [-0.25, -0.2) is 4.98 Å². The van der Waals surface area contributed by atoms with E-state index in [9.17, 15) is 14.7 Å². The van der Waals surface area contributed by atoms with Crippen molar-refractivity contribution in [3.63, 3.8) is 0 Å². The van der Waals surface area contributed by atoms with Gasteiger partial charge in [0.1, 0.15) is 17.2 Å². The van der Waals surface area contributed by atoms with Crippen molar-refractivity contribution in [3.8, 4) is 5.75 Å². The van der Waals surface area contributed by atoms with Gasteiger partial charge >= 0.3 is 0 Å². The van der Waals surface area contributed by atoms with E-state index in [4.69, 9.17) is 0 Å². The third-order valence-electron chi connectivity index (χ3n) is 6.16. The second kappa shape index (κ2) is 8.49. The molecule has 1 aromatic carbocycles. The fourth-order valence-corrected chi connectivity index (χ4v) is 5.08. The Balaban J connectivity index is 1.20. The molecular weight excluding hydrogens is 442 g/mol. The first kappa shape index (κ1) is 21.4. The summed E-state index contributed by atoms with van der Waals surface area (Å²) in [6.45, 7) is 5.45. The van der Waals surface area contributed by atoms with Gasteiger partial charge in [0.25, 0.3) is 5.91 Å². The van der Waals surface area contributed by atoms with Gasteiger partial charge in [-0.15, -0.1) is 0 Å². The number of piperazine rings is 1. The lowest BCUT2D eigenvalue weighted by Gasteiger charge is -2.27. The summed E-state index contributed by atoms with van der Waals surface area (Å²) in [6.07, 6.45) is 4.27. The molecule has 0 radical (unpaired) electrons. The van der Waals surface area contributed by atoms with E-state index in [1.54, 1.807) is 36.0 Å². The largest absolute Gasteiger partial charge is 0.508 e. The van der Waals surface area contributed by atoms with Crippen molar-refractivity contribution in [1.29, 1.82) is 0 Å². The number of phenolic OH excluding ortho intramolecular Hbond substituents is 1. The fraction of sp³-hybridized carbons (Fsp3) is 0.364. The maximum Gasteiger partial charge on any atom is 0.267 e. The number of fused-ring (bicyclic) bond motifs is 2. The highest BCUT2D eigenvalue weighted by Crippen LogP contribution is 2.29. The highest BCUT2D eigenvalue weighted by molar-refractivity contribution is 7.17. The summed E-state index contributed by atoms with van der Waals surface area (Å²) in [5.41, 5.74) is 2.07. The van der Waals surface area contributed by atoms with Crippen LogP contribution in [0, 0.1) is 13.8 Å². The number of hydrogen-bond acceptors (Lipinski definition) is 8. The number of benzene rings is 1. The van der Waals surface area contributed by atoms with E-state index in [1.165, 1.54) is 17.5 Å². The zero-order valence-corrected chi connectivity index (χ0v) is 19.1. The number of aromatic hydroxyl groups is 1. The summed E-state index contributed by atoms with van der Waals surface area (Å²) in [5.74, 6) is 0.450. The second-order valence-corrected chi connectivity index (χ2v) is 9.48. The Hall–Kier alpha value is -3.44. The predicted octanol–water partition coefficient (Wildman–Crippen LogP) is 2.23. The molecule has 5 rings (SSSR count). The van der Waals surface area contributed by atoms with Crippen LogP contribution in [0.5, 0.6) is 5.75 Å². The molecule has 0 unspecified atom stereocenters. The molecule has 2 aliphatic heterocycles. The molecule has 0 saturated carbocycles. The molecule has 4 N–H and O–H groups in total. The van der Waals surface area contributed by atoms with Crippen molar-refractivity contribution in [3.05, 3.63) is 46.6 Å². The molecule has 172 valence electrons. The van der Waals surface area contributed by atoms with Gasteiger partial charge in [0.05, 0.1) is 11.9 Å². The summed E-state index contributed by atoms with van der Waals surface area (Å²) in [5, 5.41) is 24.2. The van der Waals surface area contributed by atoms with Crippen LogP contribution in [0.25, 0.3) is 0 Å². The first-order valence-electron chi connectivity index (χ1n) is 10.8. The Morgan fingerprint density at radius 2 is 2.15 bits per heavy atom. The van der Waals surface area contributed by atoms with E-state index in [2.05, 4.69) is 26.0 Å². The average molecular weight is 468 g/mol. The van der Waals surface area contributed by atoms with Crippen LogP contribution in [0.1, 0.15) is 27.2 Å². The normalized spacial score (nSPS) is 19.2. The zero-order chi connectivity index (χ0) is 23.1. The Bertz CT molecular complexity index is 1220. The Morgan fingerprint density at radius 1 is 1.30 bits per heavy atom. The number of carbonyl (C=O) groups is 2. The molecule has 2 saturated heterocycles. The third-order valence-corrected chi connectivity index (χ3v) is 7.07. The molecule has 3 aromatic rings. The number of aromatic nitrogens is 3. The van der Waals surface area contributed by atoms with Crippen LogP contribution in [0.2, 0.25) is 0 Å². The number of amides is 2. The number of carbonyl (C=O) groups excluding carboxylic acids is 2. The highest BCUT2D eigenvalue weighted by atomic mass is 32.1. The van der Waals surface area contributed by atoms with E-state index in [0.717, 1.165) is 25.1 Å². The summed E-state index contributed by atoms with van der Waals surface area (Å²) in [7, 11) is 0. The predicted molar refractivity (Wildman–Crippen MR) is 125 cm³/mol. The molecule has 2 bridgehead atoms. The van der Waals surface area contributed by atoms with E-state index >= 15 is 0 Å². The summed E-state index contributed by atoms with van der Waals surface area (Å²) >= 11 is 1.19. The van der Waals surface area contributed by atoms with Crippen molar-refractivity contribution < 1.29 is 14.7 Å². The number of likely N-dealkylation sites (tertiary alicyclic amines) is 1. The minimum absolute atomic E-state index is 0.0735. The van der Waals surface area contributed by atoms with Gasteiger partial charge in [0.15, 0.2) is 10.9 Å². The van der Waals surface area contributed by atoms with Gasteiger partial charge in [-0.05, 0) is 31.9 Å². The van der Waals surface area contributed by atoms with Gasteiger partial charge in [0.2, 0.25) is 5.91 Å². The van der Waals surface area contributed by atoms with Crippen molar-refractivity contribution >= 4 is 39.8 Å². The van der Waals surface area contributed by atoms with Crippen LogP contribution in [0.3, 0.4) is 0 Å². The summed E-state index contributed by atoms with van der Waals surface area (Å²) < 4.78 is 1.61. The van der Waals surface area contributed by atoms with Crippen molar-refractivity contribution in [2.75, 3.05) is 23.7 Å². The van der Waals surface area contributed by atoms with Crippen LogP contribution in [-0.2, 0) is 11.3 Å². The third kappa shape index (κ3) is 4.29. The lowest BCUT2D eigenvalue weighted by Crippen LogP contribution is -2.47. The second-order valence-electron chi connectivity index (χ2n) is 8.45. The number of thiazole rings is 1. The van der Waals surface area contributed by atoms with Crippen LogP contribution in [0.4, 0.5) is 16.6 Å². The number of phenols is 1. The maximum absolute atomic E-state index is 12.7. The molecule has 2 aliphatic rings. The minimum Gasteiger partial charge on any atom is -0.508 e. The number of anilines is 3. The first-order chi connectivity index (χ1) is 15.9. The molecule has 2 atom stereocenters. The van der Waals surface area contributed by atoms with Gasteiger partial charge < -0.3 is 26.0 Å². The van der Waals surface area contributed by atoms with E-state index < -0.39 is 0 Å². The maximum atomic E-state index is 12.7. The fourth-order valence-electron chi connectivity index (χ4n) is 4.36. The molecule has 0 spiro atoms. The monoisotopic (exact) mass is 467 g/mol. The van der Waals surface area contributed by atoms with Crippen LogP contribution in [0.15, 0.2) is 30.6 Å². The van der Waals surface area contributed by atoms with Crippen LogP contribution < -0.4 is 16.0 Å². The SMILES string of the molecule is Cc1ccc(O)c(C)c1NC(=O)c1cnc(Nc2ccn(CC(=O)N3C[C@@H]4C[C@H]3CN4)n2)s1. The van der Waals surface area contributed by atoms with Gasteiger partial charge in [-0.1, -0.05) is 17.4 Å². The van der Waals surface area contributed by atoms with Crippen molar-refractivity contribution in [1.82, 2.24) is 25.0 Å². The molecule has 33 heavy (non-hydrogen) atoms. The smallest absolute Gasteiger partial charge is 0.267 e. The van der Waals surface area contributed by atoms with E-state index in [0.29, 0.717) is 39.2 Å². The number of hydrogen-bond donors (Lipinski definition) is 4. The van der Waals surface area contributed by atoms with Crippen LogP contribution in [-0.4, -0.2) is 61.8 Å². The Morgan fingerprint density at radius 3 is 2.91 bits per heavy atom. The van der Waals surface area contributed by atoms with Gasteiger partial charge in [-0.2, -0.15) is 5.10 Å². The Kier molecular flexibility index (Phi) is 5.51. The topological polar surface area (TPSA) is 124 Å². The van der Waals surface area contributed by atoms with Gasteiger partial charge in [-0.3, -0.25) is 14.3 Å². The average Bonchev–Trinajstić information content (AvgIpc) is 3.59. The summed E-state index contributed by atoms with van der Waals surface area (Å²) in [6, 6.07) is 5.84. The molecule has 10 nitrogen and oxygen atoms in total. The highest BCUT2D eigenvalue weighted by Gasteiger charge is 2.39. The number of nitrogens with one attached hydrogen (secondary N) is 3. The molecule has 0 aliphatic carbocycles. The zero-order valence-electron chi connectivity index (χ0n) is 18.3. The summed E-state index contributed by atoms with van der Waals surface area (Å²) in [4.78, 5) is 31.9. The van der Waals surface area contributed by atoms with Crippen LogP contribution >= 0.6 is 11.3 Å². The number of nitrogens with zero attached hydrogens (tertiary/aromatic N) is 4. The molecule has 11 heteroatoms. The lowest BCUT2D eigenvalue weighted by molar-refractivity contribution is -0.133. The Labute approximate surface area is 194 Å². The molecular formula is C22H25N7O3S. The minimum atomic E-state index is -0.303. The van der Waals surface area contributed by atoms with E-state index in [1.807, 2.05) is 11.8 Å². The van der Waals surface area contributed by atoms with Gasteiger partial charge in [0, 0.05) is 43.0 Å². The molecule has 2 aromatic heterocycles. The van der Waals surface area contributed by atoms with Crippen molar-refractivity contribution in [2.45, 2.75) is 38.9 Å². The number of aryl methyl sites for hydroxylation is 1. The molecule has 2 amide bonds. The van der Waals surface area contributed by atoms with E-state index in [-0.39, 0.29) is 24.1 Å². The first-order valence-corrected chi connectivity index (χ1v) is 11.6. The quantitative estimate of drug-likeness (QED) is 0.438. The standard InChI is InChI=1S/C22H25N7O3S/c1-12-3-4-16(30)13(2)20(12)26-21(32)17-9-24-22(33-17)25-18-5-6-28(27-18)11-19(31)29-10-14-7-15(29)8-23-14/h3-6,9,14-15,23,30H,7-8,10-11H2,1-2H3,(H,26,32)(H,24,25,27)/t14-,15-/m0/s1. The molecule has 2 fully saturated rings. The van der Waals surface area contributed by atoms with Crippen molar-refractivity contribution in [2.24, 2.45) is 0 Å². The molecule has 4 heterocycles. The number of rotatable bonds is 6. The lowest BCUT2D eigenvalue weighted by atomic mass is 10.1.